The Labute approximate surface area is 296 Å². The summed E-state index contributed by atoms with van der Waals surface area (Å²) in [6, 6.07) is 68.2. The highest BCUT2D eigenvalue weighted by Gasteiger charge is 2.53. The molecule has 0 amide bonds. The average molecular weight is 650 g/mol. The van der Waals surface area contributed by atoms with Gasteiger partial charge in [0.15, 0.2) is 0 Å². The van der Waals surface area contributed by atoms with Crippen LogP contribution in [0.2, 0.25) is 0 Å². The SMILES string of the molecule is c1ccc(-c2ccc3c(c2)oc2cc4c(c(N(c5ccccc5)c5ccccc5)c23)-c2ccccc2C42c3ccccc3-c3ccccc32)cc1. The fourth-order valence-corrected chi connectivity index (χ4v) is 9.07. The normalized spacial score (nSPS) is 13.3. The van der Waals surface area contributed by atoms with E-state index in [4.69, 9.17) is 4.42 Å². The fourth-order valence-electron chi connectivity index (χ4n) is 9.07. The summed E-state index contributed by atoms with van der Waals surface area (Å²) in [6.45, 7) is 0. The summed E-state index contributed by atoms with van der Waals surface area (Å²) in [6.07, 6.45) is 0. The zero-order valence-electron chi connectivity index (χ0n) is 27.8. The van der Waals surface area contributed by atoms with Gasteiger partial charge in [-0.05, 0) is 92.5 Å². The van der Waals surface area contributed by atoms with Crippen LogP contribution in [0.25, 0.3) is 55.3 Å². The summed E-state index contributed by atoms with van der Waals surface area (Å²) in [7, 11) is 0. The van der Waals surface area contributed by atoms with E-state index in [9.17, 15) is 0 Å². The van der Waals surface area contributed by atoms with E-state index in [0.29, 0.717) is 0 Å². The molecule has 1 aromatic heterocycles. The molecule has 238 valence electrons. The van der Waals surface area contributed by atoms with Crippen LogP contribution in [0.1, 0.15) is 22.3 Å². The van der Waals surface area contributed by atoms with Gasteiger partial charge in [0.2, 0.25) is 0 Å². The van der Waals surface area contributed by atoms with Crippen LogP contribution in [0.5, 0.6) is 0 Å². The first-order valence-corrected chi connectivity index (χ1v) is 17.6. The lowest BCUT2D eigenvalue weighted by Gasteiger charge is -2.32. The van der Waals surface area contributed by atoms with Gasteiger partial charge in [-0.3, -0.25) is 0 Å². The third-order valence-corrected chi connectivity index (χ3v) is 11.1. The Morgan fingerprint density at radius 3 is 1.51 bits per heavy atom. The van der Waals surface area contributed by atoms with Gasteiger partial charge >= 0.3 is 0 Å². The molecule has 0 saturated carbocycles. The van der Waals surface area contributed by atoms with Crippen LogP contribution >= 0.6 is 0 Å². The maximum atomic E-state index is 7.05. The highest BCUT2D eigenvalue weighted by molar-refractivity contribution is 6.20. The molecule has 1 heterocycles. The third kappa shape index (κ3) is 3.82. The lowest BCUT2D eigenvalue weighted by atomic mass is 9.70. The Kier molecular flexibility index (Phi) is 5.91. The second-order valence-corrected chi connectivity index (χ2v) is 13.6. The molecule has 2 nitrogen and oxygen atoms in total. The number of para-hydroxylation sites is 2. The number of hydrogen-bond donors (Lipinski definition) is 0. The van der Waals surface area contributed by atoms with E-state index >= 15 is 0 Å². The van der Waals surface area contributed by atoms with E-state index in [-0.39, 0.29) is 0 Å². The second-order valence-electron chi connectivity index (χ2n) is 13.6. The molecule has 0 fully saturated rings. The molecule has 8 aromatic carbocycles. The smallest absolute Gasteiger partial charge is 0.137 e. The molecule has 2 aliphatic rings. The van der Waals surface area contributed by atoms with E-state index in [0.717, 1.165) is 44.6 Å². The lowest BCUT2D eigenvalue weighted by molar-refractivity contribution is 0.667. The van der Waals surface area contributed by atoms with Crippen LogP contribution in [0, 0.1) is 0 Å². The van der Waals surface area contributed by atoms with Crippen molar-refractivity contribution in [1.82, 2.24) is 0 Å². The van der Waals surface area contributed by atoms with Crippen LogP contribution in [-0.4, -0.2) is 0 Å². The Morgan fingerprint density at radius 2 is 0.902 bits per heavy atom. The zero-order chi connectivity index (χ0) is 33.5. The van der Waals surface area contributed by atoms with Crippen LogP contribution in [0.15, 0.2) is 192 Å². The van der Waals surface area contributed by atoms with Crippen molar-refractivity contribution in [2.75, 3.05) is 4.90 Å². The zero-order valence-corrected chi connectivity index (χ0v) is 27.8. The van der Waals surface area contributed by atoms with Gasteiger partial charge in [0.25, 0.3) is 0 Å². The van der Waals surface area contributed by atoms with E-state index in [2.05, 4.69) is 193 Å². The molecule has 0 saturated heterocycles. The number of anilines is 3. The van der Waals surface area contributed by atoms with E-state index in [1.54, 1.807) is 0 Å². The van der Waals surface area contributed by atoms with E-state index in [1.165, 1.54) is 50.1 Å². The first-order valence-electron chi connectivity index (χ1n) is 17.6. The Morgan fingerprint density at radius 1 is 0.392 bits per heavy atom. The summed E-state index contributed by atoms with van der Waals surface area (Å²) in [5.41, 5.74) is 17.2. The summed E-state index contributed by atoms with van der Waals surface area (Å²) >= 11 is 0. The van der Waals surface area contributed by atoms with Gasteiger partial charge < -0.3 is 9.32 Å². The number of hydrogen-bond acceptors (Lipinski definition) is 2. The standard InChI is InChI=1S/C49H31NO/c1-4-16-32(17-5-1)33-28-29-39-44(30-33)51-45-31-43-46(48(47(39)45)50(34-18-6-2-7-19-34)35-20-8-3-9-21-35)38-24-12-15-27-42(38)49(43)40-25-13-10-22-36(40)37-23-11-14-26-41(37)49/h1-31H. The highest BCUT2D eigenvalue weighted by atomic mass is 16.3. The minimum atomic E-state index is -0.505. The average Bonchev–Trinajstić information content (AvgIpc) is 3.82. The highest BCUT2D eigenvalue weighted by Crippen LogP contribution is 2.66. The van der Waals surface area contributed by atoms with Crippen molar-refractivity contribution in [3.63, 3.8) is 0 Å². The van der Waals surface area contributed by atoms with Crippen LogP contribution in [-0.2, 0) is 5.41 Å². The maximum absolute atomic E-state index is 7.05. The summed E-state index contributed by atoms with van der Waals surface area (Å²) in [5, 5.41) is 2.22. The molecular weight excluding hydrogens is 619 g/mol. The molecule has 0 aliphatic heterocycles. The molecule has 9 aromatic rings. The van der Waals surface area contributed by atoms with Gasteiger partial charge in [-0.2, -0.15) is 0 Å². The second kappa shape index (κ2) is 10.7. The third-order valence-electron chi connectivity index (χ3n) is 11.1. The molecule has 51 heavy (non-hydrogen) atoms. The number of rotatable bonds is 4. The monoisotopic (exact) mass is 649 g/mol. The quantitative estimate of drug-likeness (QED) is 0.189. The lowest BCUT2D eigenvalue weighted by Crippen LogP contribution is -2.26. The topological polar surface area (TPSA) is 16.4 Å². The van der Waals surface area contributed by atoms with Crippen molar-refractivity contribution < 1.29 is 4.42 Å². The van der Waals surface area contributed by atoms with Gasteiger partial charge in [0, 0.05) is 22.3 Å². The summed E-state index contributed by atoms with van der Waals surface area (Å²) in [4.78, 5) is 2.45. The van der Waals surface area contributed by atoms with Gasteiger partial charge in [-0.25, -0.2) is 0 Å². The molecule has 0 unspecified atom stereocenters. The molecule has 2 aliphatic carbocycles. The van der Waals surface area contributed by atoms with Gasteiger partial charge in [0.1, 0.15) is 11.2 Å². The Bertz CT molecular complexity index is 2710. The number of nitrogens with zero attached hydrogens (tertiary/aromatic N) is 1. The van der Waals surface area contributed by atoms with Crippen molar-refractivity contribution in [2.24, 2.45) is 0 Å². The minimum Gasteiger partial charge on any atom is -0.456 e. The van der Waals surface area contributed by atoms with Gasteiger partial charge in [-0.15, -0.1) is 0 Å². The first-order chi connectivity index (χ1) is 25.3. The summed E-state index contributed by atoms with van der Waals surface area (Å²) in [5.74, 6) is 0. The Hall–Kier alpha value is -6.64. The number of fused-ring (bicyclic) bond motifs is 13. The molecule has 0 N–H and O–H groups in total. The van der Waals surface area contributed by atoms with Crippen LogP contribution < -0.4 is 4.90 Å². The van der Waals surface area contributed by atoms with Crippen LogP contribution in [0.3, 0.4) is 0 Å². The summed E-state index contributed by atoms with van der Waals surface area (Å²) < 4.78 is 7.05. The molecule has 0 atom stereocenters. The molecular formula is C49H31NO. The molecule has 0 bridgehead atoms. The molecule has 11 rings (SSSR count). The minimum absolute atomic E-state index is 0.505. The fraction of sp³-hybridized carbons (Fsp3) is 0.0204. The van der Waals surface area contributed by atoms with Crippen molar-refractivity contribution >= 4 is 39.0 Å². The van der Waals surface area contributed by atoms with Crippen molar-refractivity contribution in [3.8, 4) is 33.4 Å². The number of benzene rings is 8. The largest absolute Gasteiger partial charge is 0.456 e. The van der Waals surface area contributed by atoms with Gasteiger partial charge in [0.05, 0.1) is 16.5 Å². The predicted octanol–water partition coefficient (Wildman–Crippen LogP) is 13.1. The van der Waals surface area contributed by atoms with Gasteiger partial charge in [-0.1, -0.05) is 146 Å². The first kappa shape index (κ1) is 28.2. The number of furan rings is 1. The Balaban J connectivity index is 1.34. The predicted molar refractivity (Wildman–Crippen MR) is 210 cm³/mol. The van der Waals surface area contributed by atoms with Crippen LogP contribution in [0.4, 0.5) is 17.1 Å². The van der Waals surface area contributed by atoms with Crippen molar-refractivity contribution in [1.29, 1.82) is 0 Å². The maximum Gasteiger partial charge on any atom is 0.137 e. The molecule has 1 spiro atoms. The van der Waals surface area contributed by atoms with Crippen molar-refractivity contribution in [3.05, 3.63) is 210 Å². The van der Waals surface area contributed by atoms with E-state index in [1.807, 2.05) is 0 Å². The molecule has 2 heteroatoms. The van der Waals surface area contributed by atoms with E-state index < -0.39 is 5.41 Å². The molecule has 0 radical (unpaired) electrons. The van der Waals surface area contributed by atoms with Crippen molar-refractivity contribution in [2.45, 2.75) is 5.41 Å².